The smallest absolute Gasteiger partial charge is 0.00347 e. The van der Waals surface area contributed by atoms with Crippen molar-refractivity contribution in [3.05, 3.63) is 0 Å². The first-order valence-corrected chi connectivity index (χ1v) is 4.54. The molecule has 0 saturated heterocycles. The van der Waals surface area contributed by atoms with Crippen molar-refractivity contribution in [2.45, 2.75) is 33.2 Å². The molecule has 0 heterocycles. The molecule has 0 aliphatic heterocycles. The van der Waals surface area contributed by atoms with E-state index in [1.807, 2.05) is 0 Å². The van der Waals surface area contributed by atoms with Crippen LogP contribution in [0.15, 0.2) is 0 Å². The van der Waals surface area contributed by atoms with Crippen LogP contribution in [0.5, 0.6) is 0 Å². The molecule has 0 bridgehead atoms. The van der Waals surface area contributed by atoms with Gasteiger partial charge in [-0.15, -0.1) is 0 Å². The summed E-state index contributed by atoms with van der Waals surface area (Å²) < 4.78 is 0. The highest BCUT2D eigenvalue weighted by atomic mass is 28.1. The SMILES string of the molecule is CCC(C)(C)C[SiH3]. The van der Waals surface area contributed by atoms with Crippen molar-refractivity contribution in [3.8, 4) is 0 Å². The summed E-state index contributed by atoms with van der Waals surface area (Å²) in [6.07, 6.45) is 1.33. The lowest BCUT2D eigenvalue weighted by Gasteiger charge is -2.18. The fourth-order valence-corrected chi connectivity index (χ4v) is 0.750. The normalized spacial score (nSPS) is 12.4. The molecule has 0 aliphatic carbocycles. The van der Waals surface area contributed by atoms with Crippen LogP contribution >= 0.6 is 0 Å². The Hall–Kier alpha value is 0.217. The predicted molar refractivity (Wildman–Crippen MR) is 38.8 cm³/mol. The third-order valence-corrected chi connectivity index (χ3v) is 3.83. The maximum Gasteiger partial charge on any atom is 0.00347 e. The molecule has 7 heavy (non-hydrogen) atoms. The highest BCUT2D eigenvalue weighted by Crippen LogP contribution is 2.22. The predicted octanol–water partition coefficient (Wildman–Crippen LogP) is 1.21. The second kappa shape index (κ2) is 2.51. The molecule has 0 radical (unpaired) electrons. The number of rotatable bonds is 2. The summed E-state index contributed by atoms with van der Waals surface area (Å²) in [5, 5.41) is 0. The summed E-state index contributed by atoms with van der Waals surface area (Å²) >= 11 is 0. The second-order valence-electron chi connectivity index (χ2n) is 2.87. The van der Waals surface area contributed by atoms with Gasteiger partial charge in [0.1, 0.15) is 0 Å². The second-order valence-corrected chi connectivity index (χ2v) is 3.58. The molecule has 0 atom stereocenters. The van der Waals surface area contributed by atoms with Crippen LogP contribution in [0, 0.1) is 5.41 Å². The lowest BCUT2D eigenvalue weighted by Crippen LogP contribution is -2.07. The Morgan fingerprint density at radius 1 is 1.43 bits per heavy atom. The van der Waals surface area contributed by atoms with Crippen LogP contribution in [0.25, 0.3) is 0 Å². The van der Waals surface area contributed by atoms with Gasteiger partial charge < -0.3 is 0 Å². The Kier molecular flexibility index (Phi) is 2.58. The van der Waals surface area contributed by atoms with E-state index in [0.717, 1.165) is 0 Å². The molecule has 0 aliphatic rings. The Bertz CT molecular complexity index is 42.1. The molecule has 0 unspecified atom stereocenters. The van der Waals surface area contributed by atoms with E-state index in [1.165, 1.54) is 22.7 Å². The van der Waals surface area contributed by atoms with Gasteiger partial charge in [0.2, 0.25) is 0 Å². The standard InChI is InChI=1S/C6H16Si/c1-4-6(2,3)5-7/h4-5H2,1-3,7H3. The molecule has 44 valence electrons. The Morgan fingerprint density at radius 3 is 1.86 bits per heavy atom. The molecule has 0 aromatic heterocycles. The topological polar surface area (TPSA) is 0 Å². The average molecular weight is 116 g/mol. The highest BCUT2D eigenvalue weighted by molar-refractivity contribution is 6.08. The van der Waals surface area contributed by atoms with E-state index < -0.39 is 0 Å². The van der Waals surface area contributed by atoms with Gasteiger partial charge in [-0.25, -0.2) is 0 Å². The molecule has 0 fully saturated rings. The zero-order chi connectivity index (χ0) is 5.91. The van der Waals surface area contributed by atoms with Gasteiger partial charge in [-0.05, 0) is 5.41 Å². The molecule has 0 rings (SSSR count). The van der Waals surface area contributed by atoms with Crippen LogP contribution in [0.3, 0.4) is 0 Å². The van der Waals surface area contributed by atoms with Crippen LogP contribution in [0.2, 0.25) is 6.04 Å². The molecule has 0 aromatic carbocycles. The lowest BCUT2D eigenvalue weighted by atomic mass is 9.93. The van der Waals surface area contributed by atoms with Gasteiger partial charge in [0.15, 0.2) is 0 Å². The van der Waals surface area contributed by atoms with Crippen molar-refractivity contribution in [1.29, 1.82) is 0 Å². The van der Waals surface area contributed by atoms with Crippen molar-refractivity contribution in [2.75, 3.05) is 0 Å². The zero-order valence-corrected chi connectivity index (χ0v) is 7.91. The molecule has 0 saturated carbocycles. The van der Waals surface area contributed by atoms with Gasteiger partial charge in [0.05, 0.1) is 0 Å². The van der Waals surface area contributed by atoms with Crippen LogP contribution in [-0.2, 0) is 0 Å². The average Bonchev–Trinajstić information content (AvgIpc) is 1.68. The first kappa shape index (κ1) is 7.22. The maximum atomic E-state index is 2.33. The van der Waals surface area contributed by atoms with Gasteiger partial charge in [-0.1, -0.05) is 33.2 Å². The third-order valence-electron chi connectivity index (χ3n) is 1.91. The minimum Gasteiger partial charge on any atom is -0.0649 e. The molecule has 0 spiro atoms. The Labute approximate surface area is 49.7 Å². The fraction of sp³-hybridized carbons (Fsp3) is 1.00. The summed E-state index contributed by atoms with van der Waals surface area (Å²) in [4.78, 5) is 0. The van der Waals surface area contributed by atoms with E-state index in [4.69, 9.17) is 0 Å². The van der Waals surface area contributed by atoms with Crippen LogP contribution in [-0.4, -0.2) is 10.2 Å². The van der Waals surface area contributed by atoms with E-state index in [0.29, 0.717) is 5.41 Å². The molecule has 0 nitrogen and oxygen atoms in total. The van der Waals surface area contributed by atoms with Gasteiger partial charge in [0.25, 0.3) is 0 Å². The van der Waals surface area contributed by atoms with Crippen molar-refractivity contribution < 1.29 is 0 Å². The molecular formula is C6H16Si. The quantitative estimate of drug-likeness (QED) is 0.476. The lowest BCUT2D eigenvalue weighted by molar-refractivity contribution is 0.398. The van der Waals surface area contributed by atoms with Gasteiger partial charge >= 0.3 is 0 Å². The highest BCUT2D eigenvalue weighted by Gasteiger charge is 2.09. The molecule has 0 amide bonds. The molecule has 1 heteroatoms. The Morgan fingerprint density at radius 2 is 1.86 bits per heavy atom. The van der Waals surface area contributed by atoms with E-state index in [1.54, 1.807) is 0 Å². The van der Waals surface area contributed by atoms with Crippen molar-refractivity contribution in [1.82, 2.24) is 0 Å². The summed E-state index contributed by atoms with van der Waals surface area (Å²) in [6, 6.07) is 1.43. The first-order valence-electron chi connectivity index (χ1n) is 3.12. The summed E-state index contributed by atoms with van der Waals surface area (Å²) in [5.74, 6) is 0. The first-order chi connectivity index (χ1) is 3.12. The van der Waals surface area contributed by atoms with E-state index in [2.05, 4.69) is 20.8 Å². The van der Waals surface area contributed by atoms with Crippen molar-refractivity contribution >= 4 is 10.2 Å². The van der Waals surface area contributed by atoms with E-state index >= 15 is 0 Å². The number of hydrogen-bond acceptors (Lipinski definition) is 0. The monoisotopic (exact) mass is 116 g/mol. The van der Waals surface area contributed by atoms with Crippen LogP contribution in [0.4, 0.5) is 0 Å². The van der Waals surface area contributed by atoms with E-state index in [-0.39, 0.29) is 0 Å². The number of hydrogen-bond donors (Lipinski definition) is 0. The van der Waals surface area contributed by atoms with Gasteiger partial charge in [-0.2, -0.15) is 0 Å². The molecule has 0 N–H and O–H groups in total. The summed E-state index contributed by atoms with van der Waals surface area (Å²) in [6.45, 7) is 6.93. The fourth-order valence-electron chi connectivity index (χ4n) is 0.250. The van der Waals surface area contributed by atoms with Crippen LogP contribution < -0.4 is 0 Å². The minimum atomic E-state index is 0.645. The molecular weight excluding hydrogens is 100 g/mol. The molecule has 0 aromatic rings. The maximum absolute atomic E-state index is 2.33. The Balaban J connectivity index is 3.36. The zero-order valence-electron chi connectivity index (χ0n) is 5.91. The largest absolute Gasteiger partial charge is 0.0649 e. The van der Waals surface area contributed by atoms with Gasteiger partial charge in [-0.3, -0.25) is 0 Å². The minimum absolute atomic E-state index is 0.645. The van der Waals surface area contributed by atoms with E-state index in [9.17, 15) is 0 Å². The third kappa shape index (κ3) is 2.86. The van der Waals surface area contributed by atoms with Crippen LogP contribution in [0.1, 0.15) is 27.2 Å². The summed E-state index contributed by atoms with van der Waals surface area (Å²) in [5.41, 5.74) is 0.645. The van der Waals surface area contributed by atoms with Crippen molar-refractivity contribution in [2.24, 2.45) is 5.41 Å². The van der Waals surface area contributed by atoms with Crippen molar-refractivity contribution in [3.63, 3.8) is 0 Å². The van der Waals surface area contributed by atoms with Gasteiger partial charge in [0, 0.05) is 10.2 Å². The summed E-state index contributed by atoms with van der Waals surface area (Å²) in [7, 11) is 1.36.